The fraction of sp³-hybridized carbons (Fsp3) is 0.500. The lowest BCUT2D eigenvalue weighted by Crippen LogP contribution is -2.27. The van der Waals surface area contributed by atoms with Crippen molar-refractivity contribution in [3.8, 4) is 0 Å². The number of hydrogen-bond donors (Lipinski definition) is 2. The van der Waals surface area contributed by atoms with E-state index in [-0.39, 0.29) is 0 Å². The summed E-state index contributed by atoms with van der Waals surface area (Å²) in [5, 5.41) is 2.60. The molecule has 0 saturated carbocycles. The Morgan fingerprint density at radius 2 is 2.07 bits per heavy atom. The molecule has 2 N–H and O–H groups in total. The van der Waals surface area contributed by atoms with Crippen molar-refractivity contribution in [2.75, 3.05) is 5.32 Å². The summed E-state index contributed by atoms with van der Waals surface area (Å²) >= 11 is 0. The number of aromatic nitrogens is 1. The molecular weight excluding hydrogens is 180 g/mol. The van der Waals surface area contributed by atoms with Crippen LogP contribution in [0.15, 0.2) is 12.1 Å². The minimum atomic E-state index is -0.467. The molecule has 0 spiro atoms. The third-order valence-corrected chi connectivity index (χ3v) is 1.47. The summed E-state index contributed by atoms with van der Waals surface area (Å²) in [6, 6.07) is 3.67. The summed E-state index contributed by atoms with van der Waals surface area (Å²) in [5.41, 5.74) is 0.530. The number of amides is 1. The maximum Gasteiger partial charge on any atom is 0.413 e. The second-order valence-corrected chi connectivity index (χ2v) is 4.18. The number of aromatic amines is 1. The average Bonchev–Trinajstić information content (AvgIpc) is 2.30. The van der Waals surface area contributed by atoms with Gasteiger partial charge in [0, 0.05) is 5.69 Å². The van der Waals surface area contributed by atoms with Gasteiger partial charge < -0.3 is 9.72 Å². The smallest absolute Gasteiger partial charge is 0.413 e. The van der Waals surface area contributed by atoms with Gasteiger partial charge in [-0.1, -0.05) is 0 Å². The zero-order valence-electron chi connectivity index (χ0n) is 8.97. The first kappa shape index (κ1) is 10.6. The number of rotatable bonds is 1. The zero-order chi connectivity index (χ0) is 10.8. The molecule has 0 aliphatic carbocycles. The Bertz CT molecular complexity index is 323. The first-order valence-electron chi connectivity index (χ1n) is 4.52. The Hall–Kier alpha value is -1.45. The van der Waals surface area contributed by atoms with Crippen LogP contribution in [0.3, 0.4) is 0 Å². The Balaban J connectivity index is 2.50. The molecule has 0 fully saturated rings. The van der Waals surface area contributed by atoms with Crippen molar-refractivity contribution in [1.29, 1.82) is 0 Å². The highest BCUT2D eigenvalue weighted by atomic mass is 16.6. The maximum absolute atomic E-state index is 11.3. The number of ether oxygens (including phenoxy) is 1. The lowest BCUT2D eigenvalue weighted by atomic mass is 10.2. The van der Waals surface area contributed by atoms with Crippen LogP contribution in [0, 0.1) is 6.92 Å². The van der Waals surface area contributed by atoms with Gasteiger partial charge in [0.2, 0.25) is 0 Å². The normalized spacial score (nSPS) is 11.1. The van der Waals surface area contributed by atoms with Gasteiger partial charge in [0.1, 0.15) is 11.4 Å². The molecule has 0 radical (unpaired) electrons. The van der Waals surface area contributed by atoms with E-state index in [1.165, 1.54) is 0 Å². The van der Waals surface area contributed by atoms with Gasteiger partial charge in [0.25, 0.3) is 0 Å². The first-order chi connectivity index (χ1) is 6.37. The molecule has 1 rings (SSSR count). The van der Waals surface area contributed by atoms with Crippen LogP contribution in [0.4, 0.5) is 10.6 Å². The minimum Gasteiger partial charge on any atom is -0.444 e. The highest BCUT2D eigenvalue weighted by molar-refractivity contribution is 5.83. The van der Waals surface area contributed by atoms with Gasteiger partial charge >= 0.3 is 6.09 Å². The predicted molar refractivity (Wildman–Crippen MR) is 55.4 cm³/mol. The van der Waals surface area contributed by atoms with Crippen molar-refractivity contribution in [3.63, 3.8) is 0 Å². The van der Waals surface area contributed by atoms with E-state index in [1.807, 2.05) is 33.8 Å². The monoisotopic (exact) mass is 196 g/mol. The molecule has 1 heterocycles. The summed E-state index contributed by atoms with van der Waals surface area (Å²) < 4.78 is 5.08. The molecule has 1 amide bonds. The third-order valence-electron chi connectivity index (χ3n) is 1.47. The van der Waals surface area contributed by atoms with Crippen LogP contribution in [0.5, 0.6) is 0 Å². The van der Waals surface area contributed by atoms with Crippen LogP contribution in [0.1, 0.15) is 26.5 Å². The van der Waals surface area contributed by atoms with Crippen LogP contribution in [-0.4, -0.2) is 16.7 Å². The summed E-state index contributed by atoms with van der Waals surface area (Å²) in [6.45, 7) is 7.39. The largest absolute Gasteiger partial charge is 0.444 e. The summed E-state index contributed by atoms with van der Waals surface area (Å²) in [4.78, 5) is 14.3. The average molecular weight is 196 g/mol. The molecule has 4 heteroatoms. The lowest BCUT2D eigenvalue weighted by Gasteiger charge is -2.19. The maximum atomic E-state index is 11.3. The Morgan fingerprint density at radius 3 is 2.50 bits per heavy atom. The predicted octanol–water partition coefficient (Wildman–Crippen LogP) is 2.67. The Morgan fingerprint density at radius 1 is 1.43 bits per heavy atom. The quantitative estimate of drug-likeness (QED) is 0.725. The van der Waals surface area contributed by atoms with E-state index in [2.05, 4.69) is 10.3 Å². The van der Waals surface area contributed by atoms with E-state index >= 15 is 0 Å². The summed E-state index contributed by atoms with van der Waals surface area (Å²) in [6.07, 6.45) is -0.445. The molecule has 0 aliphatic heterocycles. The molecule has 0 atom stereocenters. The van der Waals surface area contributed by atoms with E-state index in [4.69, 9.17) is 4.74 Å². The van der Waals surface area contributed by atoms with Crippen molar-refractivity contribution in [3.05, 3.63) is 17.8 Å². The molecule has 0 bridgehead atoms. The minimum absolute atomic E-state index is 0.445. The van der Waals surface area contributed by atoms with E-state index in [0.717, 1.165) is 5.69 Å². The van der Waals surface area contributed by atoms with E-state index in [9.17, 15) is 4.79 Å². The molecule has 0 unspecified atom stereocenters. The van der Waals surface area contributed by atoms with Crippen molar-refractivity contribution in [2.24, 2.45) is 0 Å². The van der Waals surface area contributed by atoms with Crippen molar-refractivity contribution < 1.29 is 9.53 Å². The molecule has 0 aromatic carbocycles. The van der Waals surface area contributed by atoms with Gasteiger partial charge in [-0.25, -0.2) is 4.79 Å². The fourth-order valence-corrected chi connectivity index (χ4v) is 0.991. The van der Waals surface area contributed by atoms with E-state index in [1.54, 1.807) is 6.07 Å². The number of aryl methyl sites for hydroxylation is 1. The number of nitrogens with one attached hydrogen (secondary N) is 2. The molecule has 14 heavy (non-hydrogen) atoms. The standard InChI is InChI=1S/C10H16N2O2/c1-7-5-6-8(11-7)12-9(13)14-10(2,3)4/h5-6,11H,1-4H3,(H,12,13). The number of H-pyrrole nitrogens is 1. The topological polar surface area (TPSA) is 54.1 Å². The van der Waals surface area contributed by atoms with Crippen LogP contribution >= 0.6 is 0 Å². The van der Waals surface area contributed by atoms with Crippen molar-refractivity contribution >= 4 is 11.9 Å². The molecule has 78 valence electrons. The Labute approximate surface area is 83.7 Å². The van der Waals surface area contributed by atoms with Crippen LogP contribution in [0.2, 0.25) is 0 Å². The lowest BCUT2D eigenvalue weighted by molar-refractivity contribution is 0.0635. The van der Waals surface area contributed by atoms with Crippen LogP contribution in [0.25, 0.3) is 0 Å². The second-order valence-electron chi connectivity index (χ2n) is 4.18. The van der Waals surface area contributed by atoms with E-state index < -0.39 is 11.7 Å². The summed E-state index contributed by atoms with van der Waals surface area (Å²) in [7, 11) is 0. The van der Waals surface area contributed by atoms with Gasteiger partial charge in [-0.3, -0.25) is 5.32 Å². The number of carbonyl (C=O) groups is 1. The fourth-order valence-electron chi connectivity index (χ4n) is 0.991. The van der Waals surface area contributed by atoms with Gasteiger partial charge in [0.05, 0.1) is 0 Å². The highest BCUT2D eigenvalue weighted by Crippen LogP contribution is 2.10. The molecular formula is C10H16N2O2. The molecule has 4 nitrogen and oxygen atoms in total. The molecule has 1 aromatic heterocycles. The van der Waals surface area contributed by atoms with Crippen molar-refractivity contribution in [1.82, 2.24) is 4.98 Å². The Kier molecular flexibility index (Phi) is 2.84. The SMILES string of the molecule is Cc1ccc(NC(=O)OC(C)(C)C)[nH]1. The zero-order valence-corrected chi connectivity index (χ0v) is 8.97. The summed E-state index contributed by atoms with van der Waals surface area (Å²) in [5.74, 6) is 0.650. The van der Waals surface area contributed by atoms with E-state index in [0.29, 0.717) is 5.82 Å². The van der Waals surface area contributed by atoms with Gasteiger partial charge in [-0.15, -0.1) is 0 Å². The number of carbonyl (C=O) groups excluding carboxylic acids is 1. The van der Waals surface area contributed by atoms with Crippen LogP contribution < -0.4 is 5.32 Å². The van der Waals surface area contributed by atoms with Crippen molar-refractivity contribution in [2.45, 2.75) is 33.3 Å². The number of hydrogen-bond acceptors (Lipinski definition) is 2. The molecule has 1 aromatic rings. The molecule has 0 saturated heterocycles. The van der Waals surface area contributed by atoms with Gasteiger partial charge in [0.15, 0.2) is 0 Å². The highest BCUT2D eigenvalue weighted by Gasteiger charge is 2.16. The second kappa shape index (κ2) is 3.74. The number of anilines is 1. The van der Waals surface area contributed by atoms with Gasteiger partial charge in [-0.2, -0.15) is 0 Å². The molecule has 0 aliphatic rings. The first-order valence-corrected chi connectivity index (χ1v) is 4.52. The third kappa shape index (κ3) is 3.51. The van der Waals surface area contributed by atoms with Gasteiger partial charge in [-0.05, 0) is 39.8 Å². The van der Waals surface area contributed by atoms with Crippen LogP contribution in [-0.2, 0) is 4.74 Å².